The molecular formula is C27H44O. The summed E-state index contributed by atoms with van der Waals surface area (Å²) in [5.41, 5.74) is 4.72. The number of allylic oxidation sites excluding steroid dienone is 4. The minimum Gasteiger partial charge on any atom is -0.393 e. The average molecular weight is 385 g/mol. The molecule has 0 aromatic heterocycles. The van der Waals surface area contributed by atoms with Gasteiger partial charge in [0.15, 0.2) is 0 Å². The monoisotopic (exact) mass is 384 g/mol. The number of fused-ring (bicyclic) bond motifs is 1. The van der Waals surface area contributed by atoms with Gasteiger partial charge < -0.3 is 5.11 Å². The van der Waals surface area contributed by atoms with Crippen molar-refractivity contribution in [3.8, 4) is 0 Å². The quantitative estimate of drug-likeness (QED) is 0.499. The molecule has 0 aliphatic heterocycles. The zero-order valence-electron chi connectivity index (χ0n) is 19.0. The second kappa shape index (κ2) is 9.33. The normalized spacial score (nSPS) is 37.6. The fourth-order valence-corrected chi connectivity index (χ4v) is 6.66. The van der Waals surface area contributed by atoms with Crippen molar-refractivity contribution in [2.45, 2.75) is 104 Å². The summed E-state index contributed by atoms with van der Waals surface area (Å²) < 4.78 is 0. The molecule has 3 fully saturated rings. The van der Waals surface area contributed by atoms with Gasteiger partial charge in [0.05, 0.1) is 6.10 Å². The molecule has 0 aromatic carbocycles. The highest BCUT2D eigenvalue weighted by molar-refractivity contribution is 5.36. The van der Waals surface area contributed by atoms with Crippen molar-refractivity contribution in [2.75, 3.05) is 0 Å². The first-order chi connectivity index (χ1) is 13.3. The van der Waals surface area contributed by atoms with Crippen molar-refractivity contribution >= 4 is 0 Å². The van der Waals surface area contributed by atoms with Crippen molar-refractivity contribution < 1.29 is 5.11 Å². The standard InChI is InChI=1S/C27H44O/c1-19(2)8-6-9-21(4)25-15-16-26-22(10-7-17-27(25,26)5)12-13-23-18-24(28)14-11-20(23)3/h12-13,19,21,24-26,28H,3,6-11,14-18H2,1-2,4-5H3/b22-12+,23-13+/t21-,24+,25+,26+,27-/m1/s1. The lowest BCUT2D eigenvalue weighted by molar-refractivity contribution is 0.0929. The van der Waals surface area contributed by atoms with Crippen LogP contribution in [0.5, 0.6) is 0 Å². The van der Waals surface area contributed by atoms with E-state index in [-0.39, 0.29) is 6.10 Å². The smallest absolute Gasteiger partial charge is 0.0583 e. The Hall–Kier alpha value is -0.820. The average Bonchev–Trinajstić information content (AvgIpc) is 2.99. The third-order valence-corrected chi connectivity index (χ3v) is 8.35. The van der Waals surface area contributed by atoms with E-state index in [1.54, 1.807) is 5.57 Å². The Balaban J connectivity index is 1.70. The minimum absolute atomic E-state index is 0.172. The Labute approximate surface area is 174 Å². The lowest BCUT2D eigenvalue weighted by atomic mass is 9.60. The lowest BCUT2D eigenvalue weighted by Gasteiger charge is -2.44. The molecule has 3 aliphatic rings. The van der Waals surface area contributed by atoms with Crippen molar-refractivity contribution in [1.82, 2.24) is 0 Å². The zero-order valence-corrected chi connectivity index (χ0v) is 19.0. The van der Waals surface area contributed by atoms with Gasteiger partial charge in [-0.3, -0.25) is 0 Å². The number of hydrogen-bond donors (Lipinski definition) is 1. The Kier molecular flexibility index (Phi) is 7.29. The molecule has 0 spiro atoms. The highest BCUT2D eigenvalue weighted by atomic mass is 16.3. The Bertz CT molecular complexity index is 610. The third-order valence-electron chi connectivity index (χ3n) is 8.35. The van der Waals surface area contributed by atoms with Crippen molar-refractivity contribution in [1.29, 1.82) is 0 Å². The molecule has 1 N–H and O–H groups in total. The van der Waals surface area contributed by atoms with Gasteiger partial charge in [0.25, 0.3) is 0 Å². The van der Waals surface area contributed by atoms with E-state index in [0.29, 0.717) is 5.41 Å². The van der Waals surface area contributed by atoms with Gasteiger partial charge in [-0.15, -0.1) is 0 Å². The number of rotatable bonds is 6. The molecule has 0 aromatic rings. The maximum atomic E-state index is 10.0. The SMILES string of the molecule is C=C1CC[C@H](O)C/C1=C\C=C1/CCC[C@@]2(C)[C@H]1CC[C@H]2[C@H](C)CCCC(C)C. The van der Waals surface area contributed by atoms with Crippen LogP contribution in [0.4, 0.5) is 0 Å². The number of aliphatic hydroxyl groups is 1. The van der Waals surface area contributed by atoms with Crippen LogP contribution in [-0.2, 0) is 0 Å². The molecule has 0 radical (unpaired) electrons. The molecule has 28 heavy (non-hydrogen) atoms. The lowest BCUT2D eigenvalue weighted by Crippen LogP contribution is -2.36. The number of aliphatic hydroxyl groups excluding tert-OH is 1. The molecule has 0 bridgehead atoms. The van der Waals surface area contributed by atoms with E-state index in [9.17, 15) is 5.11 Å². The van der Waals surface area contributed by atoms with Crippen LogP contribution >= 0.6 is 0 Å². The summed E-state index contributed by atoms with van der Waals surface area (Å²) in [5.74, 6) is 3.37. The van der Waals surface area contributed by atoms with Gasteiger partial charge in [0.1, 0.15) is 0 Å². The summed E-state index contributed by atoms with van der Waals surface area (Å²) in [4.78, 5) is 0. The van der Waals surface area contributed by atoms with Gasteiger partial charge >= 0.3 is 0 Å². The van der Waals surface area contributed by atoms with E-state index in [0.717, 1.165) is 42.9 Å². The first-order valence-corrected chi connectivity index (χ1v) is 12.1. The van der Waals surface area contributed by atoms with Gasteiger partial charge in [-0.2, -0.15) is 0 Å². The maximum absolute atomic E-state index is 10.0. The van der Waals surface area contributed by atoms with Gasteiger partial charge in [0, 0.05) is 0 Å². The Morgan fingerprint density at radius 3 is 2.64 bits per heavy atom. The van der Waals surface area contributed by atoms with Crippen LogP contribution in [0.1, 0.15) is 98.3 Å². The summed E-state index contributed by atoms with van der Waals surface area (Å²) in [6.45, 7) is 14.1. The summed E-state index contributed by atoms with van der Waals surface area (Å²) >= 11 is 0. The largest absolute Gasteiger partial charge is 0.393 e. The fourth-order valence-electron chi connectivity index (χ4n) is 6.66. The fraction of sp³-hybridized carbons (Fsp3) is 0.778. The number of hydrogen-bond acceptors (Lipinski definition) is 1. The summed E-state index contributed by atoms with van der Waals surface area (Å²) in [6, 6.07) is 0. The van der Waals surface area contributed by atoms with E-state index in [1.807, 2.05) is 0 Å². The predicted octanol–water partition coefficient (Wildman–Crippen LogP) is 7.62. The molecule has 3 saturated carbocycles. The van der Waals surface area contributed by atoms with E-state index < -0.39 is 0 Å². The molecule has 158 valence electrons. The molecular weight excluding hydrogens is 340 g/mol. The second-order valence-electron chi connectivity index (χ2n) is 10.8. The van der Waals surface area contributed by atoms with Crippen LogP contribution in [0.2, 0.25) is 0 Å². The predicted molar refractivity (Wildman–Crippen MR) is 121 cm³/mol. The molecule has 1 nitrogen and oxygen atoms in total. The van der Waals surface area contributed by atoms with Gasteiger partial charge in [-0.1, -0.05) is 76.8 Å². The Morgan fingerprint density at radius 2 is 1.89 bits per heavy atom. The maximum Gasteiger partial charge on any atom is 0.0583 e. The first-order valence-electron chi connectivity index (χ1n) is 12.1. The molecule has 3 aliphatic carbocycles. The zero-order chi connectivity index (χ0) is 20.3. The molecule has 0 heterocycles. The van der Waals surface area contributed by atoms with Crippen LogP contribution < -0.4 is 0 Å². The van der Waals surface area contributed by atoms with Crippen LogP contribution in [0, 0.1) is 29.1 Å². The van der Waals surface area contributed by atoms with Gasteiger partial charge in [0.2, 0.25) is 0 Å². The molecule has 1 heteroatoms. The summed E-state index contributed by atoms with van der Waals surface area (Å²) in [7, 11) is 0. The highest BCUT2D eigenvalue weighted by Crippen LogP contribution is 2.59. The molecule has 0 unspecified atom stereocenters. The van der Waals surface area contributed by atoms with Gasteiger partial charge in [-0.05, 0) is 86.0 Å². The van der Waals surface area contributed by atoms with E-state index in [1.165, 1.54) is 62.5 Å². The summed E-state index contributed by atoms with van der Waals surface area (Å²) in [5, 5.41) is 10.0. The van der Waals surface area contributed by atoms with E-state index in [4.69, 9.17) is 0 Å². The molecule has 0 amide bonds. The molecule has 0 saturated heterocycles. The van der Waals surface area contributed by atoms with E-state index in [2.05, 4.69) is 46.4 Å². The Morgan fingerprint density at radius 1 is 1.11 bits per heavy atom. The van der Waals surface area contributed by atoms with Crippen molar-refractivity contribution in [3.63, 3.8) is 0 Å². The van der Waals surface area contributed by atoms with Crippen LogP contribution in [-0.4, -0.2) is 11.2 Å². The molecule has 5 atom stereocenters. The van der Waals surface area contributed by atoms with Crippen molar-refractivity contribution in [2.24, 2.45) is 29.1 Å². The molecule has 3 rings (SSSR count). The highest BCUT2D eigenvalue weighted by Gasteiger charge is 2.50. The van der Waals surface area contributed by atoms with Crippen LogP contribution in [0.3, 0.4) is 0 Å². The van der Waals surface area contributed by atoms with Gasteiger partial charge in [-0.25, -0.2) is 0 Å². The summed E-state index contributed by atoms with van der Waals surface area (Å²) in [6.07, 6.45) is 18.2. The first kappa shape index (κ1) is 21.9. The van der Waals surface area contributed by atoms with Crippen molar-refractivity contribution in [3.05, 3.63) is 35.5 Å². The van der Waals surface area contributed by atoms with E-state index >= 15 is 0 Å². The van der Waals surface area contributed by atoms with Crippen LogP contribution in [0.15, 0.2) is 35.5 Å². The minimum atomic E-state index is -0.172. The topological polar surface area (TPSA) is 20.2 Å². The second-order valence-corrected chi connectivity index (χ2v) is 10.8. The third kappa shape index (κ3) is 4.84. The van der Waals surface area contributed by atoms with Crippen LogP contribution in [0.25, 0.3) is 0 Å².